The SMILES string of the molecule is O=C1C(c2cccs2)=C(N2CCCCC2)C(=O)N1CC1CCCO1. The summed E-state index contributed by atoms with van der Waals surface area (Å²) in [5, 5.41) is 1.96. The van der Waals surface area contributed by atoms with Crippen molar-refractivity contribution in [2.75, 3.05) is 26.2 Å². The third-order valence-corrected chi connectivity index (χ3v) is 5.88. The number of rotatable bonds is 4. The van der Waals surface area contributed by atoms with Crippen molar-refractivity contribution in [1.82, 2.24) is 9.80 Å². The van der Waals surface area contributed by atoms with E-state index in [-0.39, 0.29) is 17.9 Å². The van der Waals surface area contributed by atoms with Crippen molar-refractivity contribution in [3.05, 3.63) is 28.1 Å². The molecule has 2 saturated heterocycles. The number of likely N-dealkylation sites (tertiary alicyclic amines) is 1. The highest BCUT2D eigenvalue weighted by molar-refractivity contribution is 7.11. The summed E-state index contributed by atoms with van der Waals surface area (Å²) in [5.41, 5.74) is 1.20. The number of carbonyl (C=O) groups is 2. The van der Waals surface area contributed by atoms with Crippen LogP contribution in [0.4, 0.5) is 0 Å². The Morgan fingerprint density at radius 2 is 1.96 bits per heavy atom. The van der Waals surface area contributed by atoms with Gasteiger partial charge >= 0.3 is 0 Å². The summed E-state index contributed by atoms with van der Waals surface area (Å²) < 4.78 is 5.64. The Morgan fingerprint density at radius 3 is 2.62 bits per heavy atom. The first-order valence-electron chi connectivity index (χ1n) is 8.76. The van der Waals surface area contributed by atoms with Crippen LogP contribution in [0.15, 0.2) is 23.2 Å². The number of carbonyl (C=O) groups excluding carboxylic acids is 2. The van der Waals surface area contributed by atoms with Gasteiger partial charge in [-0.05, 0) is 43.6 Å². The van der Waals surface area contributed by atoms with Gasteiger partial charge in [-0.25, -0.2) is 0 Å². The number of ether oxygens (including phenoxy) is 1. The molecule has 1 aromatic heterocycles. The highest BCUT2D eigenvalue weighted by Gasteiger charge is 2.43. The van der Waals surface area contributed by atoms with Crippen molar-refractivity contribution in [1.29, 1.82) is 0 Å². The molecule has 4 heterocycles. The summed E-state index contributed by atoms with van der Waals surface area (Å²) in [5.74, 6) is -0.292. The van der Waals surface area contributed by atoms with Crippen molar-refractivity contribution < 1.29 is 14.3 Å². The molecule has 1 atom stereocenters. The second-order valence-corrected chi connectivity index (χ2v) is 7.55. The molecule has 128 valence electrons. The third kappa shape index (κ3) is 2.78. The molecule has 1 unspecified atom stereocenters. The number of amides is 2. The first-order valence-corrected chi connectivity index (χ1v) is 9.64. The second kappa shape index (κ2) is 6.69. The predicted octanol–water partition coefficient (Wildman–Crippen LogP) is 2.49. The van der Waals surface area contributed by atoms with E-state index in [1.165, 1.54) is 22.7 Å². The number of piperidine rings is 1. The van der Waals surface area contributed by atoms with E-state index in [4.69, 9.17) is 4.74 Å². The first kappa shape index (κ1) is 15.8. The van der Waals surface area contributed by atoms with Gasteiger partial charge in [-0.2, -0.15) is 0 Å². The molecule has 24 heavy (non-hydrogen) atoms. The molecule has 6 heteroatoms. The molecule has 1 aromatic rings. The third-order valence-electron chi connectivity index (χ3n) is 4.99. The quantitative estimate of drug-likeness (QED) is 0.786. The van der Waals surface area contributed by atoms with Gasteiger partial charge in [0.1, 0.15) is 5.70 Å². The Hall–Kier alpha value is -1.66. The molecule has 0 N–H and O–H groups in total. The maximum absolute atomic E-state index is 13.1. The van der Waals surface area contributed by atoms with E-state index >= 15 is 0 Å². The highest BCUT2D eigenvalue weighted by Crippen LogP contribution is 2.35. The lowest BCUT2D eigenvalue weighted by molar-refractivity contribution is -0.139. The Labute approximate surface area is 145 Å². The summed E-state index contributed by atoms with van der Waals surface area (Å²) in [7, 11) is 0. The molecule has 2 fully saturated rings. The van der Waals surface area contributed by atoms with Gasteiger partial charge < -0.3 is 9.64 Å². The van der Waals surface area contributed by atoms with Crippen LogP contribution in [-0.4, -0.2) is 54.0 Å². The maximum atomic E-state index is 13.1. The van der Waals surface area contributed by atoms with E-state index in [9.17, 15) is 9.59 Å². The van der Waals surface area contributed by atoms with E-state index in [1.807, 2.05) is 17.5 Å². The largest absolute Gasteiger partial charge is 0.376 e. The van der Waals surface area contributed by atoms with Crippen LogP contribution in [0.5, 0.6) is 0 Å². The normalized spacial score (nSPS) is 25.2. The number of hydrogen-bond donors (Lipinski definition) is 0. The van der Waals surface area contributed by atoms with E-state index in [0.29, 0.717) is 17.8 Å². The molecule has 3 aliphatic heterocycles. The van der Waals surface area contributed by atoms with Crippen molar-refractivity contribution in [3.8, 4) is 0 Å². The van der Waals surface area contributed by atoms with E-state index in [1.54, 1.807) is 0 Å². The smallest absolute Gasteiger partial charge is 0.277 e. The Bertz CT molecular complexity index is 656. The van der Waals surface area contributed by atoms with Gasteiger partial charge in [0.05, 0.1) is 18.2 Å². The van der Waals surface area contributed by atoms with Crippen LogP contribution in [-0.2, 0) is 14.3 Å². The predicted molar refractivity (Wildman–Crippen MR) is 92.4 cm³/mol. The van der Waals surface area contributed by atoms with E-state index < -0.39 is 0 Å². The second-order valence-electron chi connectivity index (χ2n) is 6.60. The lowest BCUT2D eigenvalue weighted by atomic mass is 10.1. The fourth-order valence-corrected chi connectivity index (χ4v) is 4.54. The molecule has 0 saturated carbocycles. The fraction of sp³-hybridized carbons (Fsp3) is 0.556. The summed E-state index contributed by atoms with van der Waals surface area (Å²) in [4.78, 5) is 30.5. The van der Waals surface area contributed by atoms with E-state index in [2.05, 4.69) is 4.90 Å². The molecular formula is C18H22N2O3S. The Balaban J connectivity index is 1.67. The van der Waals surface area contributed by atoms with Crippen molar-refractivity contribution in [2.24, 2.45) is 0 Å². The molecule has 0 aliphatic carbocycles. The standard InChI is InChI=1S/C18H22N2O3S/c21-17-15(14-7-5-11-24-14)16(19-8-2-1-3-9-19)18(22)20(17)12-13-6-4-10-23-13/h5,7,11,13H,1-4,6,8-10,12H2. The van der Waals surface area contributed by atoms with Crippen LogP contribution in [0.25, 0.3) is 5.57 Å². The topological polar surface area (TPSA) is 49.9 Å². The van der Waals surface area contributed by atoms with Gasteiger partial charge in [0.25, 0.3) is 11.8 Å². The zero-order chi connectivity index (χ0) is 16.5. The van der Waals surface area contributed by atoms with Gasteiger partial charge in [0.2, 0.25) is 0 Å². The van der Waals surface area contributed by atoms with Crippen LogP contribution in [0, 0.1) is 0 Å². The molecule has 0 bridgehead atoms. The minimum Gasteiger partial charge on any atom is -0.376 e. The first-order chi connectivity index (χ1) is 11.8. The number of nitrogens with zero attached hydrogens (tertiary/aromatic N) is 2. The summed E-state index contributed by atoms with van der Waals surface area (Å²) in [6.45, 7) is 2.82. The van der Waals surface area contributed by atoms with Crippen LogP contribution in [0.1, 0.15) is 37.0 Å². The van der Waals surface area contributed by atoms with Gasteiger partial charge in [0.15, 0.2) is 0 Å². The molecule has 0 radical (unpaired) electrons. The molecule has 0 aromatic carbocycles. The average Bonchev–Trinajstić information content (AvgIpc) is 3.33. The Kier molecular flexibility index (Phi) is 4.41. The Morgan fingerprint density at radius 1 is 1.12 bits per heavy atom. The van der Waals surface area contributed by atoms with Crippen LogP contribution in [0.2, 0.25) is 0 Å². The van der Waals surface area contributed by atoms with Crippen LogP contribution in [0.3, 0.4) is 0 Å². The number of imide groups is 1. The molecule has 2 amide bonds. The minimum atomic E-state index is -0.154. The van der Waals surface area contributed by atoms with Crippen LogP contribution < -0.4 is 0 Å². The maximum Gasteiger partial charge on any atom is 0.277 e. The molecule has 4 rings (SSSR count). The zero-order valence-corrected chi connectivity index (χ0v) is 14.5. The monoisotopic (exact) mass is 346 g/mol. The minimum absolute atomic E-state index is 0.0109. The lowest BCUT2D eigenvalue weighted by Crippen LogP contribution is -2.40. The number of thiophene rings is 1. The van der Waals surface area contributed by atoms with Crippen molar-refractivity contribution in [3.63, 3.8) is 0 Å². The zero-order valence-electron chi connectivity index (χ0n) is 13.7. The molecule has 0 spiro atoms. The van der Waals surface area contributed by atoms with Crippen LogP contribution >= 0.6 is 11.3 Å². The fourth-order valence-electron chi connectivity index (χ4n) is 3.77. The van der Waals surface area contributed by atoms with Gasteiger partial charge in [-0.15, -0.1) is 11.3 Å². The molecule has 5 nitrogen and oxygen atoms in total. The van der Waals surface area contributed by atoms with E-state index in [0.717, 1.165) is 50.3 Å². The van der Waals surface area contributed by atoms with Gasteiger partial charge in [-0.1, -0.05) is 6.07 Å². The lowest BCUT2D eigenvalue weighted by Gasteiger charge is -2.29. The van der Waals surface area contributed by atoms with Gasteiger partial charge in [-0.3, -0.25) is 14.5 Å². The number of hydrogen-bond acceptors (Lipinski definition) is 5. The summed E-state index contributed by atoms with van der Waals surface area (Å²) in [6.07, 6.45) is 5.27. The summed E-state index contributed by atoms with van der Waals surface area (Å²) in [6, 6.07) is 3.87. The van der Waals surface area contributed by atoms with Gasteiger partial charge in [0, 0.05) is 24.6 Å². The highest BCUT2D eigenvalue weighted by atomic mass is 32.1. The van der Waals surface area contributed by atoms with Crippen molar-refractivity contribution >= 4 is 28.7 Å². The van der Waals surface area contributed by atoms with Crippen molar-refractivity contribution in [2.45, 2.75) is 38.2 Å². The average molecular weight is 346 g/mol. The molecule has 3 aliphatic rings. The molecular weight excluding hydrogens is 324 g/mol. The summed E-state index contributed by atoms with van der Waals surface area (Å²) >= 11 is 1.52.